The molecule has 2 heteroatoms. The van der Waals surface area contributed by atoms with Gasteiger partial charge < -0.3 is 10.1 Å². The van der Waals surface area contributed by atoms with Gasteiger partial charge in [0.1, 0.15) is 5.75 Å². The number of hydrogen-bond donors (Lipinski definition) is 1. The van der Waals surface area contributed by atoms with Crippen LogP contribution in [0.25, 0.3) is 0 Å². The molecule has 2 rings (SSSR count). The molecule has 1 aromatic rings. The van der Waals surface area contributed by atoms with Crippen molar-refractivity contribution in [3.05, 3.63) is 29.8 Å². The van der Waals surface area contributed by atoms with Crippen LogP contribution in [0.4, 0.5) is 0 Å². The summed E-state index contributed by atoms with van der Waals surface area (Å²) in [5, 5.41) is 3.38. The van der Waals surface area contributed by atoms with Gasteiger partial charge >= 0.3 is 0 Å². The van der Waals surface area contributed by atoms with Crippen molar-refractivity contribution in [1.82, 2.24) is 5.32 Å². The van der Waals surface area contributed by atoms with Crippen molar-refractivity contribution in [3.8, 4) is 5.75 Å². The zero-order chi connectivity index (χ0) is 13.5. The second-order valence-corrected chi connectivity index (χ2v) is 5.69. The predicted molar refractivity (Wildman–Crippen MR) is 80.9 cm³/mol. The zero-order valence-corrected chi connectivity index (χ0v) is 12.3. The lowest BCUT2D eigenvalue weighted by atomic mass is 9.81. The van der Waals surface area contributed by atoms with E-state index in [0.717, 1.165) is 18.2 Å². The SMILES string of the molecule is CNCC(c1cccc(OC)c1)C1CCCCCC1. The molecule has 1 N–H and O–H groups in total. The van der Waals surface area contributed by atoms with E-state index in [-0.39, 0.29) is 0 Å². The summed E-state index contributed by atoms with van der Waals surface area (Å²) in [6.45, 7) is 1.07. The quantitative estimate of drug-likeness (QED) is 0.810. The summed E-state index contributed by atoms with van der Waals surface area (Å²) in [5.41, 5.74) is 1.43. The van der Waals surface area contributed by atoms with Crippen LogP contribution in [0.2, 0.25) is 0 Å². The Kier molecular flexibility index (Phi) is 5.71. The van der Waals surface area contributed by atoms with Crippen molar-refractivity contribution in [2.24, 2.45) is 5.92 Å². The summed E-state index contributed by atoms with van der Waals surface area (Å²) < 4.78 is 5.37. The van der Waals surface area contributed by atoms with Crippen molar-refractivity contribution in [2.45, 2.75) is 44.4 Å². The van der Waals surface area contributed by atoms with E-state index >= 15 is 0 Å². The zero-order valence-electron chi connectivity index (χ0n) is 12.3. The van der Waals surface area contributed by atoms with Crippen LogP contribution in [0, 0.1) is 5.92 Å². The van der Waals surface area contributed by atoms with Gasteiger partial charge in [-0.1, -0.05) is 37.8 Å². The van der Waals surface area contributed by atoms with E-state index in [0.29, 0.717) is 5.92 Å². The van der Waals surface area contributed by atoms with Gasteiger partial charge in [-0.2, -0.15) is 0 Å². The van der Waals surface area contributed by atoms with Crippen LogP contribution in [-0.4, -0.2) is 20.7 Å². The third-order valence-electron chi connectivity index (χ3n) is 4.41. The summed E-state index contributed by atoms with van der Waals surface area (Å²) in [4.78, 5) is 0. The molecule has 0 bridgehead atoms. The Morgan fingerprint density at radius 3 is 2.58 bits per heavy atom. The molecule has 0 spiro atoms. The topological polar surface area (TPSA) is 21.3 Å². The van der Waals surface area contributed by atoms with E-state index in [9.17, 15) is 0 Å². The normalized spacial score (nSPS) is 18.8. The lowest BCUT2D eigenvalue weighted by molar-refractivity contribution is 0.364. The number of nitrogens with one attached hydrogen (secondary N) is 1. The highest BCUT2D eigenvalue weighted by Crippen LogP contribution is 2.35. The molecule has 1 aliphatic carbocycles. The summed E-state index contributed by atoms with van der Waals surface area (Å²) >= 11 is 0. The van der Waals surface area contributed by atoms with E-state index in [4.69, 9.17) is 4.74 Å². The molecule has 106 valence electrons. The Morgan fingerprint density at radius 1 is 1.21 bits per heavy atom. The van der Waals surface area contributed by atoms with Crippen molar-refractivity contribution in [2.75, 3.05) is 20.7 Å². The molecular weight excluding hydrogens is 234 g/mol. The van der Waals surface area contributed by atoms with Gasteiger partial charge in [0, 0.05) is 6.54 Å². The first kappa shape index (κ1) is 14.4. The summed E-state index contributed by atoms with van der Waals surface area (Å²) in [6.07, 6.45) is 8.39. The van der Waals surface area contributed by atoms with Crippen molar-refractivity contribution >= 4 is 0 Å². The predicted octanol–water partition coefficient (Wildman–Crippen LogP) is 3.97. The van der Waals surface area contributed by atoms with Crippen LogP contribution in [0.1, 0.15) is 50.0 Å². The first-order chi connectivity index (χ1) is 9.35. The molecule has 1 aromatic carbocycles. The Hall–Kier alpha value is -1.02. The van der Waals surface area contributed by atoms with Crippen molar-refractivity contribution < 1.29 is 4.74 Å². The standard InChI is InChI=1S/C17H27NO/c1-18-13-17(14-8-5-3-4-6-9-14)15-10-7-11-16(12-15)19-2/h7,10-12,14,17-18H,3-6,8-9,13H2,1-2H3. The molecule has 0 heterocycles. The highest BCUT2D eigenvalue weighted by molar-refractivity contribution is 5.31. The number of rotatable bonds is 5. The van der Waals surface area contributed by atoms with Gasteiger partial charge in [0.15, 0.2) is 0 Å². The average molecular weight is 261 g/mol. The molecule has 19 heavy (non-hydrogen) atoms. The maximum Gasteiger partial charge on any atom is 0.119 e. The molecule has 1 fully saturated rings. The molecule has 1 saturated carbocycles. The van der Waals surface area contributed by atoms with Crippen LogP contribution in [0.15, 0.2) is 24.3 Å². The number of methoxy groups -OCH3 is 1. The van der Waals surface area contributed by atoms with E-state index in [1.807, 2.05) is 6.07 Å². The summed E-state index contributed by atoms with van der Waals surface area (Å²) in [7, 11) is 3.81. The van der Waals surface area contributed by atoms with Crippen LogP contribution in [0.5, 0.6) is 5.75 Å². The number of hydrogen-bond acceptors (Lipinski definition) is 2. The van der Waals surface area contributed by atoms with Gasteiger partial charge in [-0.3, -0.25) is 0 Å². The second-order valence-electron chi connectivity index (χ2n) is 5.69. The number of likely N-dealkylation sites (N-methyl/N-ethyl adjacent to an activating group) is 1. The third kappa shape index (κ3) is 3.97. The van der Waals surface area contributed by atoms with Crippen molar-refractivity contribution in [3.63, 3.8) is 0 Å². The van der Waals surface area contributed by atoms with Gasteiger partial charge in [-0.05, 0) is 49.4 Å². The van der Waals surface area contributed by atoms with E-state index in [1.54, 1.807) is 7.11 Å². The maximum atomic E-state index is 5.37. The number of benzene rings is 1. The molecule has 0 radical (unpaired) electrons. The largest absolute Gasteiger partial charge is 0.497 e. The van der Waals surface area contributed by atoms with Crippen LogP contribution in [-0.2, 0) is 0 Å². The fourth-order valence-electron chi connectivity index (χ4n) is 3.36. The smallest absolute Gasteiger partial charge is 0.119 e. The summed E-state index contributed by atoms with van der Waals surface area (Å²) in [5.74, 6) is 2.42. The second kappa shape index (κ2) is 7.54. The number of ether oxygens (including phenoxy) is 1. The third-order valence-corrected chi connectivity index (χ3v) is 4.41. The van der Waals surface area contributed by atoms with E-state index < -0.39 is 0 Å². The lowest BCUT2D eigenvalue weighted by Gasteiger charge is -2.27. The molecule has 2 nitrogen and oxygen atoms in total. The molecule has 1 unspecified atom stereocenters. The van der Waals surface area contributed by atoms with Crippen LogP contribution < -0.4 is 10.1 Å². The van der Waals surface area contributed by atoms with Gasteiger partial charge in [-0.25, -0.2) is 0 Å². The Morgan fingerprint density at radius 2 is 1.95 bits per heavy atom. The van der Waals surface area contributed by atoms with Crippen LogP contribution >= 0.6 is 0 Å². The average Bonchev–Trinajstić information content (AvgIpc) is 2.74. The minimum absolute atomic E-state index is 0.623. The first-order valence-electron chi connectivity index (χ1n) is 7.63. The van der Waals surface area contributed by atoms with Crippen LogP contribution in [0.3, 0.4) is 0 Å². The minimum Gasteiger partial charge on any atom is -0.497 e. The van der Waals surface area contributed by atoms with Gasteiger partial charge in [0.2, 0.25) is 0 Å². The van der Waals surface area contributed by atoms with Gasteiger partial charge in [0.05, 0.1) is 7.11 Å². The van der Waals surface area contributed by atoms with Gasteiger partial charge in [-0.15, -0.1) is 0 Å². The molecule has 0 amide bonds. The molecule has 0 saturated heterocycles. The molecular formula is C17H27NO. The Labute approximate surface area is 117 Å². The molecule has 1 aliphatic rings. The molecule has 0 aromatic heterocycles. The van der Waals surface area contributed by atoms with E-state index in [1.165, 1.54) is 44.1 Å². The first-order valence-corrected chi connectivity index (χ1v) is 7.63. The fourth-order valence-corrected chi connectivity index (χ4v) is 3.36. The monoisotopic (exact) mass is 261 g/mol. The minimum atomic E-state index is 0.623. The maximum absolute atomic E-state index is 5.37. The van der Waals surface area contributed by atoms with E-state index in [2.05, 4.69) is 30.6 Å². The van der Waals surface area contributed by atoms with Gasteiger partial charge in [0.25, 0.3) is 0 Å². The highest BCUT2D eigenvalue weighted by atomic mass is 16.5. The fraction of sp³-hybridized carbons (Fsp3) is 0.647. The molecule has 0 aliphatic heterocycles. The summed E-state index contributed by atoms with van der Waals surface area (Å²) in [6, 6.07) is 8.63. The highest BCUT2D eigenvalue weighted by Gasteiger charge is 2.23. The Bertz CT molecular complexity index is 369. The Balaban J connectivity index is 2.17. The van der Waals surface area contributed by atoms with Crippen molar-refractivity contribution in [1.29, 1.82) is 0 Å². The molecule has 1 atom stereocenters. The lowest BCUT2D eigenvalue weighted by Crippen LogP contribution is -2.24.